The largest absolute Gasteiger partial charge is 0.388 e. The lowest BCUT2D eigenvalue weighted by atomic mass is 10.1. The Morgan fingerprint density at radius 2 is 1.95 bits per heavy atom. The minimum absolute atomic E-state index is 0.0435. The fraction of sp³-hybridized carbons (Fsp3) is 0.455. The zero-order chi connectivity index (χ0) is 16.0. The van der Waals surface area contributed by atoms with Crippen molar-refractivity contribution in [3.63, 3.8) is 0 Å². The van der Waals surface area contributed by atoms with Crippen LogP contribution in [0.25, 0.3) is 0 Å². The van der Waals surface area contributed by atoms with Crippen LogP contribution < -0.4 is 16.8 Å². The van der Waals surface area contributed by atoms with Gasteiger partial charge in [0.2, 0.25) is 0 Å². The Labute approximate surface area is 132 Å². The summed E-state index contributed by atoms with van der Waals surface area (Å²) in [5.74, 6) is 0.0435. The van der Waals surface area contributed by atoms with Gasteiger partial charge in [-0.3, -0.25) is 10.1 Å². The van der Waals surface area contributed by atoms with E-state index in [0.717, 1.165) is 13.0 Å². The summed E-state index contributed by atoms with van der Waals surface area (Å²) < 4.78 is 0. The first-order valence-corrected chi connectivity index (χ1v) is 6.99. The van der Waals surface area contributed by atoms with Crippen LogP contribution in [0.2, 0.25) is 0 Å². The van der Waals surface area contributed by atoms with Crippen molar-refractivity contribution in [2.75, 3.05) is 13.6 Å². The molecule has 8 nitrogen and oxygen atoms in total. The van der Waals surface area contributed by atoms with E-state index >= 15 is 0 Å². The van der Waals surface area contributed by atoms with Gasteiger partial charge in [-0.1, -0.05) is 24.4 Å². The molecule has 0 bridgehead atoms. The molecule has 0 unspecified atom stereocenters. The summed E-state index contributed by atoms with van der Waals surface area (Å²) in [6, 6.07) is 0. The first-order chi connectivity index (χ1) is 9.88. The lowest BCUT2D eigenvalue weighted by molar-refractivity contribution is -0.386. The first kappa shape index (κ1) is 17.3. The molecule has 0 radical (unpaired) electrons. The predicted molar refractivity (Wildman–Crippen MR) is 87.3 cm³/mol. The van der Waals surface area contributed by atoms with Crippen molar-refractivity contribution in [3.05, 3.63) is 27.3 Å². The summed E-state index contributed by atoms with van der Waals surface area (Å²) in [6.45, 7) is 0.809. The molecule has 0 aliphatic rings. The van der Waals surface area contributed by atoms with Crippen LogP contribution in [0, 0.1) is 10.1 Å². The second-order valence-electron chi connectivity index (χ2n) is 4.24. The Hall–Kier alpha value is -1.78. The molecule has 10 heteroatoms. The quantitative estimate of drug-likeness (QED) is 0.265. The van der Waals surface area contributed by atoms with Crippen molar-refractivity contribution in [1.82, 2.24) is 15.3 Å². The van der Waals surface area contributed by atoms with Gasteiger partial charge in [-0.15, -0.1) is 0 Å². The number of nitro groups is 1. The lowest BCUT2D eigenvalue weighted by Gasteiger charge is -2.08. The molecule has 0 saturated heterocycles. The van der Waals surface area contributed by atoms with Crippen molar-refractivity contribution in [2.24, 2.45) is 11.5 Å². The maximum Gasteiger partial charge on any atom is 0.319 e. The van der Waals surface area contributed by atoms with Gasteiger partial charge in [-0.2, -0.15) is 0 Å². The number of hydrogen-bond acceptors (Lipinski definition) is 7. The number of thiocarbonyl (C=S) groups is 2. The van der Waals surface area contributed by atoms with Gasteiger partial charge in [-0.25, -0.2) is 9.97 Å². The van der Waals surface area contributed by atoms with E-state index in [0.29, 0.717) is 12.8 Å². The molecule has 1 aromatic heterocycles. The second-order valence-corrected chi connectivity index (χ2v) is 5.12. The van der Waals surface area contributed by atoms with E-state index < -0.39 is 4.92 Å². The number of nitrogens with two attached hydrogens (primary N) is 2. The molecule has 114 valence electrons. The Morgan fingerprint density at radius 1 is 1.29 bits per heavy atom. The number of rotatable bonds is 8. The number of hydrogen-bond donors (Lipinski definition) is 3. The third-order valence-electron chi connectivity index (χ3n) is 2.68. The van der Waals surface area contributed by atoms with Gasteiger partial charge >= 0.3 is 5.69 Å². The number of nitrogens with zero attached hydrogens (tertiary/aromatic N) is 3. The van der Waals surface area contributed by atoms with Crippen LogP contribution in [-0.4, -0.2) is 38.5 Å². The highest BCUT2D eigenvalue weighted by molar-refractivity contribution is 7.81. The molecule has 21 heavy (non-hydrogen) atoms. The third kappa shape index (κ3) is 4.62. The molecule has 1 aromatic rings. The number of aromatic nitrogens is 2. The molecule has 0 amide bonds. The van der Waals surface area contributed by atoms with Gasteiger partial charge in [0.1, 0.15) is 15.7 Å². The summed E-state index contributed by atoms with van der Waals surface area (Å²) in [5, 5.41) is 14.3. The van der Waals surface area contributed by atoms with E-state index in [9.17, 15) is 10.1 Å². The van der Waals surface area contributed by atoms with Crippen LogP contribution in [0.5, 0.6) is 0 Å². The Kier molecular flexibility index (Phi) is 6.46. The number of nitrogens with one attached hydrogen (secondary N) is 1. The summed E-state index contributed by atoms with van der Waals surface area (Å²) in [5.41, 5.74) is 10.9. The Balaban J connectivity index is 3.26. The van der Waals surface area contributed by atoms with Crippen LogP contribution in [0.15, 0.2) is 0 Å². The lowest BCUT2D eigenvalue weighted by Crippen LogP contribution is -2.22. The molecule has 0 aliphatic carbocycles. The van der Waals surface area contributed by atoms with Crippen LogP contribution in [0.3, 0.4) is 0 Å². The highest BCUT2D eigenvalue weighted by atomic mass is 32.1. The zero-order valence-electron chi connectivity index (χ0n) is 11.5. The molecular weight excluding hydrogens is 312 g/mol. The van der Waals surface area contributed by atoms with Crippen molar-refractivity contribution in [2.45, 2.75) is 19.3 Å². The van der Waals surface area contributed by atoms with Crippen LogP contribution >= 0.6 is 24.4 Å². The minimum atomic E-state index is -0.578. The van der Waals surface area contributed by atoms with Gasteiger partial charge < -0.3 is 16.8 Å². The second kappa shape index (κ2) is 7.86. The molecule has 1 rings (SSSR count). The van der Waals surface area contributed by atoms with Crippen molar-refractivity contribution in [3.8, 4) is 0 Å². The molecule has 1 heterocycles. The van der Waals surface area contributed by atoms with Crippen molar-refractivity contribution >= 4 is 40.1 Å². The van der Waals surface area contributed by atoms with E-state index in [1.54, 1.807) is 0 Å². The molecular formula is C11H16N6O2S2. The molecule has 0 atom stereocenters. The standard InChI is InChI=1S/C11H16N6O2S2/c1-14-5-3-2-4-6-8(17(18)19)7(9(12)20)16-11(15-6)10(13)21/h14H,2-5H2,1H3,(H2,12,20)(H2,13,21). The van der Waals surface area contributed by atoms with Crippen LogP contribution in [-0.2, 0) is 6.42 Å². The Morgan fingerprint density at radius 3 is 2.43 bits per heavy atom. The summed E-state index contributed by atoms with van der Waals surface area (Å²) in [7, 11) is 1.84. The third-order valence-corrected chi connectivity index (χ3v) is 3.06. The number of unbranched alkanes of at least 4 members (excludes halogenated alkanes) is 1. The molecule has 0 aromatic carbocycles. The molecule has 0 saturated carbocycles. The average molecular weight is 328 g/mol. The summed E-state index contributed by atoms with van der Waals surface area (Å²) in [6.07, 6.45) is 1.96. The molecule has 0 spiro atoms. The van der Waals surface area contributed by atoms with Crippen molar-refractivity contribution in [1.29, 1.82) is 0 Å². The molecule has 0 aliphatic heterocycles. The fourth-order valence-corrected chi connectivity index (χ4v) is 1.98. The van der Waals surface area contributed by atoms with Gasteiger partial charge in [0.05, 0.1) is 4.92 Å². The highest BCUT2D eigenvalue weighted by Crippen LogP contribution is 2.23. The monoisotopic (exact) mass is 328 g/mol. The maximum absolute atomic E-state index is 11.3. The van der Waals surface area contributed by atoms with Gasteiger partial charge in [0.15, 0.2) is 11.5 Å². The summed E-state index contributed by atoms with van der Waals surface area (Å²) in [4.78, 5) is 18.4. The minimum Gasteiger partial charge on any atom is -0.388 e. The molecule has 0 fully saturated rings. The number of aryl methyl sites for hydroxylation is 1. The predicted octanol–water partition coefficient (Wildman–Crippen LogP) is 0.195. The van der Waals surface area contributed by atoms with E-state index in [1.807, 2.05) is 7.05 Å². The SMILES string of the molecule is CNCCCCc1nc(C(N)=S)nc(C(N)=S)c1[N+](=O)[O-]. The van der Waals surface area contributed by atoms with E-state index in [4.69, 9.17) is 35.9 Å². The fourth-order valence-electron chi connectivity index (χ4n) is 1.74. The molecule has 5 N–H and O–H groups in total. The van der Waals surface area contributed by atoms with Gasteiger partial charge in [0, 0.05) is 0 Å². The van der Waals surface area contributed by atoms with Crippen LogP contribution in [0.1, 0.15) is 30.1 Å². The zero-order valence-corrected chi connectivity index (χ0v) is 13.1. The van der Waals surface area contributed by atoms with Gasteiger partial charge in [0.25, 0.3) is 0 Å². The van der Waals surface area contributed by atoms with Gasteiger partial charge in [-0.05, 0) is 32.9 Å². The summed E-state index contributed by atoms with van der Waals surface area (Å²) >= 11 is 9.64. The van der Waals surface area contributed by atoms with E-state index in [-0.39, 0.29) is 32.9 Å². The topological polar surface area (TPSA) is 133 Å². The van der Waals surface area contributed by atoms with Crippen LogP contribution in [0.4, 0.5) is 5.69 Å². The van der Waals surface area contributed by atoms with E-state index in [2.05, 4.69) is 15.3 Å². The van der Waals surface area contributed by atoms with E-state index in [1.165, 1.54) is 0 Å². The first-order valence-electron chi connectivity index (χ1n) is 6.18. The Bertz CT molecular complexity index is 578. The maximum atomic E-state index is 11.3. The normalized spacial score (nSPS) is 10.3. The smallest absolute Gasteiger partial charge is 0.319 e. The average Bonchev–Trinajstić information content (AvgIpc) is 2.42. The van der Waals surface area contributed by atoms with Crippen molar-refractivity contribution < 1.29 is 4.92 Å². The highest BCUT2D eigenvalue weighted by Gasteiger charge is 2.26.